The van der Waals surface area contributed by atoms with Crippen molar-refractivity contribution >= 4 is 39.5 Å². The number of carbonyl (C=O) groups is 4. The van der Waals surface area contributed by atoms with E-state index in [4.69, 9.17) is 37.0 Å². The molecule has 96 heavy (non-hydrogen) atoms. The molecule has 3 unspecified atom stereocenters. The molecule has 0 heterocycles. The summed E-state index contributed by atoms with van der Waals surface area (Å²) >= 11 is 0. The van der Waals surface area contributed by atoms with E-state index in [1.165, 1.54) is 186 Å². The van der Waals surface area contributed by atoms with Gasteiger partial charge in [0.05, 0.1) is 26.4 Å². The zero-order valence-corrected chi connectivity index (χ0v) is 64.8. The highest BCUT2D eigenvalue weighted by atomic mass is 31.2. The van der Waals surface area contributed by atoms with Crippen molar-refractivity contribution in [3.63, 3.8) is 0 Å². The lowest BCUT2D eigenvalue weighted by molar-refractivity contribution is -0.161. The van der Waals surface area contributed by atoms with Gasteiger partial charge in [-0.1, -0.05) is 338 Å². The summed E-state index contributed by atoms with van der Waals surface area (Å²) in [4.78, 5) is 72.8. The summed E-state index contributed by atoms with van der Waals surface area (Å²) in [5, 5.41) is 10.6. The smallest absolute Gasteiger partial charge is 0.462 e. The molecule has 17 nitrogen and oxygen atoms in total. The second-order valence-electron chi connectivity index (χ2n) is 29.4. The zero-order chi connectivity index (χ0) is 71.0. The van der Waals surface area contributed by atoms with Gasteiger partial charge in [-0.3, -0.25) is 37.3 Å². The van der Waals surface area contributed by atoms with Crippen LogP contribution in [0.1, 0.15) is 389 Å². The molecular formula is C77H150O17P2. The van der Waals surface area contributed by atoms with Crippen LogP contribution in [0.25, 0.3) is 0 Å². The summed E-state index contributed by atoms with van der Waals surface area (Å²) in [6.45, 7) is 14.2. The Balaban J connectivity index is 5.23. The maximum absolute atomic E-state index is 13.1. The Morgan fingerprint density at radius 1 is 0.292 bits per heavy atom. The van der Waals surface area contributed by atoms with Crippen LogP contribution in [0.15, 0.2) is 0 Å². The lowest BCUT2D eigenvalue weighted by Crippen LogP contribution is -2.30. The molecular weight excluding hydrogens is 1260 g/mol. The van der Waals surface area contributed by atoms with E-state index in [9.17, 15) is 43.2 Å². The monoisotopic (exact) mass is 1410 g/mol. The predicted molar refractivity (Wildman–Crippen MR) is 391 cm³/mol. The van der Waals surface area contributed by atoms with E-state index in [0.29, 0.717) is 31.6 Å². The largest absolute Gasteiger partial charge is 0.472 e. The molecule has 0 saturated carbocycles. The van der Waals surface area contributed by atoms with Crippen molar-refractivity contribution in [1.82, 2.24) is 0 Å². The third kappa shape index (κ3) is 69.2. The SMILES string of the molecule is CCC(C)CCCCCCCCCCC(=O)O[C@H](COC(=O)CCCCCCCCC(C)C)COP(=O)(O)OC[C@H](O)COP(=O)(O)OC[C@@H](COC(=O)CCCCCCCCCCCCCCCC(C)C)OC(=O)CCCCCCCCCCCCCCCCCCC(C)C. The van der Waals surface area contributed by atoms with E-state index in [-0.39, 0.29) is 25.7 Å². The summed E-state index contributed by atoms with van der Waals surface area (Å²) in [5.41, 5.74) is 0. The number of phosphoric ester groups is 2. The van der Waals surface area contributed by atoms with Gasteiger partial charge in [-0.25, -0.2) is 9.13 Å². The topological polar surface area (TPSA) is 237 Å². The molecule has 0 aromatic carbocycles. The van der Waals surface area contributed by atoms with Gasteiger partial charge >= 0.3 is 39.5 Å². The van der Waals surface area contributed by atoms with Crippen molar-refractivity contribution < 1.29 is 80.2 Å². The lowest BCUT2D eigenvalue weighted by Gasteiger charge is -2.21. The quantitative estimate of drug-likeness (QED) is 0.0222. The molecule has 0 aromatic heterocycles. The Bertz CT molecular complexity index is 1890. The Morgan fingerprint density at radius 2 is 0.500 bits per heavy atom. The van der Waals surface area contributed by atoms with Gasteiger partial charge in [0.1, 0.15) is 19.3 Å². The highest BCUT2D eigenvalue weighted by Crippen LogP contribution is 2.45. The first-order valence-electron chi connectivity index (χ1n) is 39.7. The first-order valence-corrected chi connectivity index (χ1v) is 42.7. The number of carbonyl (C=O) groups excluding carboxylic acids is 4. The average molecular weight is 1410 g/mol. The van der Waals surface area contributed by atoms with Crippen LogP contribution in [0, 0.1) is 23.7 Å². The molecule has 0 fully saturated rings. The van der Waals surface area contributed by atoms with Gasteiger partial charge in [0, 0.05) is 25.7 Å². The van der Waals surface area contributed by atoms with Crippen LogP contribution >= 0.6 is 15.6 Å². The fourth-order valence-corrected chi connectivity index (χ4v) is 13.3. The molecule has 19 heteroatoms. The third-order valence-corrected chi connectivity index (χ3v) is 20.1. The highest BCUT2D eigenvalue weighted by Gasteiger charge is 2.30. The summed E-state index contributed by atoms with van der Waals surface area (Å²) < 4.78 is 68.5. The predicted octanol–water partition coefficient (Wildman–Crippen LogP) is 22.4. The number of hydrogen-bond donors (Lipinski definition) is 3. The van der Waals surface area contributed by atoms with Crippen LogP contribution in [0.3, 0.4) is 0 Å². The maximum Gasteiger partial charge on any atom is 0.472 e. The van der Waals surface area contributed by atoms with Gasteiger partial charge < -0.3 is 33.8 Å². The minimum atomic E-state index is -4.96. The number of aliphatic hydroxyl groups is 1. The van der Waals surface area contributed by atoms with Gasteiger partial charge in [-0.15, -0.1) is 0 Å². The molecule has 0 amide bonds. The van der Waals surface area contributed by atoms with Gasteiger partial charge in [-0.05, 0) is 49.4 Å². The number of hydrogen-bond acceptors (Lipinski definition) is 15. The number of esters is 4. The number of aliphatic hydroxyl groups excluding tert-OH is 1. The molecule has 0 aliphatic rings. The summed E-state index contributed by atoms with van der Waals surface area (Å²) in [7, 11) is -9.91. The maximum atomic E-state index is 13.1. The Labute approximate surface area is 588 Å². The normalized spacial score (nSPS) is 14.4. The van der Waals surface area contributed by atoms with Crippen LogP contribution in [0.2, 0.25) is 0 Å². The van der Waals surface area contributed by atoms with Crippen LogP contribution in [0.4, 0.5) is 0 Å². The fourth-order valence-electron chi connectivity index (χ4n) is 11.7. The van der Waals surface area contributed by atoms with E-state index in [0.717, 1.165) is 114 Å². The highest BCUT2D eigenvalue weighted by molar-refractivity contribution is 7.47. The van der Waals surface area contributed by atoms with E-state index in [1.807, 2.05) is 0 Å². The van der Waals surface area contributed by atoms with Gasteiger partial charge in [0.2, 0.25) is 0 Å². The zero-order valence-electron chi connectivity index (χ0n) is 63.0. The standard InChI is InChI=1S/C77H150O17P2/c1-9-70(8)56-48-40-31-27-28-34-44-52-60-77(82)94-73(64-88-75(80)58-50-42-36-35-39-47-55-69(6)7)66-92-96(85,86)90-62-71(78)61-89-95(83,84)91-65-72(63-87-74(79)57-49-41-32-25-21-18-14-16-20-24-30-38-46-54-68(4)5)93-76(81)59-51-43-33-26-22-17-13-11-10-12-15-19-23-29-37-45-53-67(2)3/h67-73,78H,9-66H2,1-8H3,(H,83,84)(H,85,86)/t70?,71-,72-,73-/m1/s1. The van der Waals surface area contributed by atoms with Gasteiger partial charge in [-0.2, -0.15) is 0 Å². The molecule has 0 rings (SSSR count). The molecule has 0 bridgehead atoms. The molecule has 0 spiro atoms. The summed E-state index contributed by atoms with van der Waals surface area (Å²) in [5.74, 6) is 0.927. The molecule has 0 aliphatic heterocycles. The van der Waals surface area contributed by atoms with Crippen molar-refractivity contribution in [2.75, 3.05) is 39.6 Å². The van der Waals surface area contributed by atoms with E-state index >= 15 is 0 Å². The number of rotatable bonds is 74. The Kier molecular flexibility index (Phi) is 65.0. The van der Waals surface area contributed by atoms with Crippen LogP contribution in [-0.2, 0) is 65.4 Å². The van der Waals surface area contributed by atoms with Crippen molar-refractivity contribution in [1.29, 1.82) is 0 Å². The minimum absolute atomic E-state index is 0.104. The third-order valence-electron chi connectivity index (χ3n) is 18.2. The number of unbranched alkanes of at least 4 members (excludes halogenated alkanes) is 39. The van der Waals surface area contributed by atoms with E-state index in [1.54, 1.807) is 0 Å². The van der Waals surface area contributed by atoms with Crippen LogP contribution in [0.5, 0.6) is 0 Å². The lowest BCUT2D eigenvalue weighted by atomic mass is 9.99. The molecule has 6 atom stereocenters. The number of ether oxygens (including phenoxy) is 4. The Hall–Kier alpha value is -1.94. The molecule has 570 valence electrons. The summed E-state index contributed by atoms with van der Waals surface area (Å²) in [6, 6.07) is 0. The average Bonchev–Trinajstić information content (AvgIpc) is 1.51. The van der Waals surface area contributed by atoms with Crippen molar-refractivity contribution in [2.24, 2.45) is 23.7 Å². The van der Waals surface area contributed by atoms with Crippen molar-refractivity contribution in [3.05, 3.63) is 0 Å². The van der Waals surface area contributed by atoms with Gasteiger partial charge in [0.25, 0.3) is 0 Å². The second kappa shape index (κ2) is 66.3. The van der Waals surface area contributed by atoms with Crippen LogP contribution < -0.4 is 0 Å². The molecule has 0 radical (unpaired) electrons. The fraction of sp³-hybridized carbons (Fsp3) is 0.948. The molecule has 0 aromatic rings. The molecule has 3 N–H and O–H groups in total. The van der Waals surface area contributed by atoms with Crippen LogP contribution in [-0.4, -0.2) is 96.7 Å². The van der Waals surface area contributed by atoms with Crippen molar-refractivity contribution in [3.8, 4) is 0 Å². The molecule has 0 aliphatic carbocycles. The van der Waals surface area contributed by atoms with E-state index < -0.39 is 97.5 Å². The van der Waals surface area contributed by atoms with Gasteiger partial charge in [0.15, 0.2) is 12.2 Å². The summed E-state index contributed by atoms with van der Waals surface area (Å²) in [6.07, 6.45) is 51.5. The first kappa shape index (κ1) is 94.1. The second-order valence-corrected chi connectivity index (χ2v) is 32.3. The number of phosphoric acid groups is 2. The van der Waals surface area contributed by atoms with Crippen molar-refractivity contribution in [2.45, 2.75) is 408 Å². The minimum Gasteiger partial charge on any atom is -0.462 e. The van der Waals surface area contributed by atoms with E-state index in [2.05, 4.69) is 55.4 Å². The first-order chi connectivity index (χ1) is 46.1. The Morgan fingerprint density at radius 3 is 0.740 bits per heavy atom. The molecule has 0 saturated heterocycles.